The maximum atomic E-state index is 13.0. The number of nitrogens with two attached hydrogens (primary N) is 1. The number of aromatic nitrogens is 5. The predicted octanol–water partition coefficient (Wildman–Crippen LogP) is 3.43. The van der Waals surface area contributed by atoms with Gasteiger partial charge in [0.2, 0.25) is 11.6 Å². The van der Waals surface area contributed by atoms with Gasteiger partial charge in [-0.3, -0.25) is 4.79 Å². The SMILES string of the molecule is CCC(=NNC(=O)c1nnn(-c2nonc2N)c1CSc1ccc(Cl)cc1)c1ccc(O)cc1. The molecule has 0 spiro atoms. The summed E-state index contributed by atoms with van der Waals surface area (Å²) in [5, 5.41) is 29.8. The van der Waals surface area contributed by atoms with Gasteiger partial charge in [0.15, 0.2) is 5.69 Å². The molecular formula is C21H19ClN8O3S. The fourth-order valence-electron chi connectivity index (χ4n) is 2.97. The van der Waals surface area contributed by atoms with Gasteiger partial charge in [0.1, 0.15) is 5.75 Å². The van der Waals surface area contributed by atoms with E-state index >= 15 is 0 Å². The third-order valence-corrected chi connectivity index (χ3v) is 5.97. The molecule has 174 valence electrons. The Balaban J connectivity index is 1.61. The zero-order valence-electron chi connectivity index (χ0n) is 17.8. The summed E-state index contributed by atoms with van der Waals surface area (Å²) in [6.07, 6.45) is 0.554. The number of phenols is 1. The number of carbonyl (C=O) groups is 1. The van der Waals surface area contributed by atoms with Gasteiger partial charge in [0.05, 0.1) is 11.4 Å². The lowest BCUT2D eigenvalue weighted by molar-refractivity contribution is 0.0949. The van der Waals surface area contributed by atoms with Crippen molar-refractivity contribution >= 4 is 40.8 Å². The molecule has 2 heterocycles. The van der Waals surface area contributed by atoms with E-state index in [1.54, 1.807) is 36.4 Å². The van der Waals surface area contributed by atoms with Crippen LogP contribution in [0.15, 0.2) is 63.2 Å². The number of hydrogen-bond donors (Lipinski definition) is 3. The summed E-state index contributed by atoms with van der Waals surface area (Å²) in [5.41, 5.74) is 10.2. The lowest BCUT2D eigenvalue weighted by Gasteiger charge is -2.07. The van der Waals surface area contributed by atoms with Gasteiger partial charge in [0, 0.05) is 15.7 Å². The predicted molar refractivity (Wildman–Crippen MR) is 127 cm³/mol. The van der Waals surface area contributed by atoms with Gasteiger partial charge >= 0.3 is 0 Å². The number of benzene rings is 2. The monoisotopic (exact) mass is 498 g/mol. The number of nitrogens with zero attached hydrogens (tertiary/aromatic N) is 6. The summed E-state index contributed by atoms with van der Waals surface area (Å²) >= 11 is 7.41. The van der Waals surface area contributed by atoms with E-state index in [1.807, 2.05) is 19.1 Å². The first kappa shape index (κ1) is 23.3. The highest BCUT2D eigenvalue weighted by molar-refractivity contribution is 7.98. The molecule has 2 aromatic heterocycles. The molecule has 11 nitrogen and oxygen atoms in total. The first-order chi connectivity index (χ1) is 16.5. The van der Waals surface area contributed by atoms with E-state index in [0.29, 0.717) is 28.6 Å². The van der Waals surface area contributed by atoms with E-state index in [4.69, 9.17) is 17.3 Å². The van der Waals surface area contributed by atoms with E-state index in [1.165, 1.54) is 16.4 Å². The number of hydrogen-bond acceptors (Lipinski definition) is 10. The van der Waals surface area contributed by atoms with Crippen LogP contribution in [0.25, 0.3) is 5.82 Å². The number of halogens is 1. The summed E-state index contributed by atoms with van der Waals surface area (Å²) in [5.74, 6) is 0.0294. The zero-order chi connectivity index (χ0) is 24.1. The number of phenolic OH excluding ortho intramolecular Hbond substituents is 1. The van der Waals surface area contributed by atoms with Crippen LogP contribution in [0.1, 0.15) is 35.1 Å². The second kappa shape index (κ2) is 10.4. The molecular weight excluding hydrogens is 480 g/mol. The third-order valence-electron chi connectivity index (χ3n) is 4.69. The molecule has 4 aromatic rings. The molecule has 0 bridgehead atoms. The summed E-state index contributed by atoms with van der Waals surface area (Å²) in [7, 11) is 0. The van der Waals surface area contributed by atoms with Crippen LogP contribution in [0.3, 0.4) is 0 Å². The average molecular weight is 499 g/mol. The number of thioether (sulfide) groups is 1. The Bertz CT molecular complexity index is 1320. The summed E-state index contributed by atoms with van der Waals surface area (Å²) in [6, 6.07) is 13.8. The van der Waals surface area contributed by atoms with Crippen LogP contribution in [0.5, 0.6) is 5.75 Å². The van der Waals surface area contributed by atoms with Crippen molar-refractivity contribution in [2.24, 2.45) is 5.10 Å². The highest BCUT2D eigenvalue weighted by atomic mass is 35.5. The van der Waals surface area contributed by atoms with Gasteiger partial charge in [-0.2, -0.15) is 9.78 Å². The second-order valence-corrected chi connectivity index (χ2v) is 8.40. The van der Waals surface area contributed by atoms with Crippen LogP contribution in [0, 0.1) is 0 Å². The van der Waals surface area contributed by atoms with Crippen LogP contribution in [0.4, 0.5) is 5.82 Å². The van der Waals surface area contributed by atoms with Gasteiger partial charge < -0.3 is 10.8 Å². The smallest absolute Gasteiger partial charge is 0.293 e. The fraction of sp³-hybridized carbons (Fsp3) is 0.143. The molecule has 0 saturated carbocycles. The number of aromatic hydroxyl groups is 1. The number of nitrogens with one attached hydrogen (secondary N) is 1. The van der Waals surface area contributed by atoms with Gasteiger partial charge in [0.25, 0.3) is 5.91 Å². The lowest BCUT2D eigenvalue weighted by atomic mass is 10.1. The third kappa shape index (κ3) is 5.18. The average Bonchev–Trinajstić information content (AvgIpc) is 3.45. The van der Waals surface area contributed by atoms with E-state index in [2.05, 4.69) is 35.8 Å². The summed E-state index contributed by atoms with van der Waals surface area (Å²) < 4.78 is 5.99. The number of anilines is 1. The molecule has 0 radical (unpaired) electrons. The Kier molecular flexibility index (Phi) is 7.09. The standard InChI is InChI=1S/C21H19ClN8O3S/c1-2-16(12-3-7-14(31)8-4-12)24-26-21(32)18-17(11-34-15-9-5-13(22)6-10-15)30(29-25-18)20-19(23)27-33-28-20/h3-10,31H,2,11H2,1H3,(H2,23,27)(H,26,32). The van der Waals surface area contributed by atoms with Crippen LogP contribution in [0.2, 0.25) is 5.02 Å². The van der Waals surface area contributed by atoms with Gasteiger partial charge in [-0.1, -0.05) is 23.7 Å². The van der Waals surface area contributed by atoms with Crippen LogP contribution in [-0.4, -0.2) is 42.0 Å². The molecule has 2 aromatic carbocycles. The highest BCUT2D eigenvalue weighted by Crippen LogP contribution is 2.27. The minimum Gasteiger partial charge on any atom is -0.508 e. The Morgan fingerprint density at radius 2 is 1.94 bits per heavy atom. The zero-order valence-corrected chi connectivity index (χ0v) is 19.4. The molecule has 0 aliphatic carbocycles. The lowest BCUT2D eigenvalue weighted by Crippen LogP contribution is -2.22. The first-order valence-electron chi connectivity index (χ1n) is 10.0. The molecule has 4 rings (SSSR count). The number of hydrazone groups is 1. The molecule has 0 saturated heterocycles. The van der Waals surface area contributed by atoms with E-state index in [0.717, 1.165) is 10.5 Å². The quantitative estimate of drug-likeness (QED) is 0.188. The summed E-state index contributed by atoms with van der Waals surface area (Å²) in [4.78, 5) is 13.9. The van der Waals surface area contributed by atoms with Gasteiger partial charge in [-0.25, -0.2) is 10.1 Å². The molecule has 0 fully saturated rings. The van der Waals surface area contributed by atoms with Crippen molar-refractivity contribution in [2.45, 2.75) is 24.0 Å². The minimum atomic E-state index is -0.558. The van der Waals surface area contributed by atoms with Gasteiger partial charge in [-0.15, -0.1) is 16.9 Å². The van der Waals surface area contributed by atoms with Crippen molar-refractivity contribution in [1.29, 1.82) is 0 Å². The fourth-order valence-corrected chi connectivity index (χ4v) is 3.99. The van der Waals surface area contributed by atoms with E-state index in [9.17, 15) is 9.90 Å². The van der Waals surface area contributed by atoms with Crippen molar-refractivity contribution in [2.75, 3.05) is 5.73 Å². The molecule has 1 amide bonds. The highest BCUT2D eigenvalue weighted by Gasteiger charge is 2.24. The van der Waals surface area contributed by atoms with Crippen LogP contribution < -0.4 is 11.2 Å². The van der Waals surface area contributed by atoms with E-state index in [-0.39, 0.29) is 23.1 Å². The maximum absolute atomic E-state index is 13.0. The molecule has 0 aliphatic heterocycles. The Labute approximate surface area is 202 Å². The van der Waals surface area contributed by atoms with Crippen molar-refractivity contribution in [3.8, 4) is 11.6 Å². The first-order valence-corrected chi connectivity index (χ1v) is 11.4. The molecule has 0 aliphatic rings. The number of amides is 1. The van der Waals surface area contributed by atoms with Crippen molar-refractivity contribution in [1.82, 2.24) is 30.7 Å². The van der Waals surface area contributed by atoms with Crippen molar-refractivity contribution in [3.63, 3.8) is 0 Å². The van der Waals surface area contributed by atoms with Crippen LogP contribution in [-0.2, 0) is 5.75 Å². The van der Waals surface area contributed by atoms with Crippen molar-refractivity contribution < 1.29 is 14.5 Å². The van der Waals surface area contributed by atoms with Crippen molar-refractivity contribution in [3.05, 3.63) is 70.5 Å². The maximum Gasteiger partial charge on any atom is 0.293 e. The normalized spacial score (nSPS) is 11.5. The molecule has 13 heteroatoms. The molecule has 4 N–H and O–H groups in total. The van der Waals surface area contributed by atoms with Crippen LogP contribution >= 0.6 is 23.4 Å². The minimum absolute atomic E-state index is 0.00761. The van der Waals surface area contributed by atoms with E-state index < -0.39 is 5.91 Å². The second-order valence-electron chi connectivity index (χ2n) is 6.91. The number of nitrogen functional groups attached to an aromatic ring is 1. The molecule has 0 atom stereocenters. The Morgan fingerprint density at radius 3 is 2.59 bits per heavy atom. The Hall–Kier alpha value is -3.90. The topological polar surface area (TPSA) is 157 Å². The van der Waals surface area contributed by atoms with Gasteiger partial charge in [-0.05, 0) is 70.8 Å². The largest absolute Gasteiger partial charge is 0.508 e. The Morgan fingerprint density at radius 1 is 1.21 bits per heavy atom. The number of carbonyl (C=O) groups excluding carboxylic acids is 1. The molecule has 34 heavy (non-hydrogen) atoms. The summed E-state index contributed by atoms with van der Waals surface area (Å²) in [6.45, 7) is 1.91. The molecule has 0 unspecified atom stereocenters. The number of rotatable bonds is 8.